The molecule has 0 aliphatic rings. The average molecular weight is 398 g/mol. The largest absolute Gasteiger partial charge is 0.494 e. The molecule has 0 spiro atoms. The van der Waals surface area contributed by atoms with Crippen LogP contribution < -0.4 is 20.7 Å². The molecule has 6 nitrogen and oxygen atoms in total. The summed E-state index contributed by atoms with van der Waals surface area (Å²) in [7, 11) is 0. The molecule has 2 amide bonds. The molecule has 0 atom stereocenters. The van der Waals surface area contributed by atoms with Crippen molar-refractivity contribution < 1.29 is 14.3 Å². The van der Waals surface area contributed by atoms with E-state index in [1.165, 1.54) is 0 Å². The van der Waals surface area contributed by atoms with Gasteiger partial charge in [-0.05, 0) is 42.7 Å². The molecule has 2 rings (SSSR count). The van der Waals surface area contributed by atoms with Crippen LogP contribution >= 0.6 is 0 Å². The second-order valence-electron chi connectivity index (χ2n) is 7.69. The monoisotopic (exact) mass is 397 g/mol. The SMILES string of the molecule is CC(C)CCOc1cccc(NCC(=O)Nc2cccc(NC(=O)C(C)C)c2)c1. The van der Waals surface area contributed by atoms with Gasteiger partial charge in [-0.15, -0.1) is 0 Å². The van der Waals surface area contributed by atoms with E-state index in [2.05, 4.69) is 29.8 Å². The van der Waals surface area contributed by atoms with E-state index in [1.54, 1.807) is 24.3 Å². The van der Waals surface area contributed by atoms with Gasteiger partial charge in [-0.1, -0.05) is 39.8 Å². The molecule has 0 fully saturated rings. The summed E-state index contributed by atoms with van der Waals surface area (Å²) in [4.78, 5) is 24.1. The van der Waals surface area contributed by atoms with Gasteiger partial charge in [0.2, 0.25) is 11.8 Å². The molecular formula is C23H31N3O3. The number of benzene rings is 2. The number of anilines is 3. The molecule has 0 heterocycles. The van der Waals surface area contributed by atoms with Crippen LogP contribution in [0.5, 0.6) is 5.75 Å². The van der Waals surface area contributed by atoms with Crippen LogP contribution in [0.4, 0.5) is 17.1 Å². The summed E-state index contributed by atoms with van der Waals surface area (Å²) in [6.45, 7) is 8.78. The smallest absolute Gasteiger partial charge is 0.243 e. The summed E-state index contributed by atoms with van der Waals surface area (Å²) in [5.41, 5.74) is 2.10. The van der Waals surface area contributed by atoms with Crippen molar-refractivity contribution in [3.05, 3.63) is 48.5 Å². The molecule has 0 aliphatic heterocycles. The minimum Gasteiger partial charge on any atom is -0.494 e. The molecule has 0 bridgehead atoms. The molecule has 156 valence electrons. The predicted octanol–water partition coefficient (Wildman–Crippen LogP) is 4.76. The Morgan fingerprint density at radius 3 is 2.24 bits per heavy atom. The average Bonchev–Trinajstić information content (AvgIpc) is 2.66. The van der Waals surface area contributed by atoms with E-state index in [1.807, 2.05) is 38.1 Å². The van der Waals surface area contributed by atoms with Crippen molar-refractivity contribution in [1.29, 1.82) is 0 Å². The van der Waals surface area contributed by atoms with E-state index in [4.69, 9.17) is 4.74 Å². The lowest BCUT2D eigenvalue weighted by Crippen LogP contribution is -2.22. The van der Waals surface area contributed by atoms with Gasteiger partial charge in [0.05, 0.1) is 13.2 Å². The lowest BCUT2D eigenvalue weighted by atomic mass is 10.1. The molecule has 0 saturated carbocycles. The molecule has 2 aromatic carbocycles. The number of hydrogen-bond acceptors (Lipinski definition) is 4. The standard InChI is InChI=1S/C23H31N3O3/c1-16(2)11-12-29-21-10-6-7-18(14-21)24-15-22(27)25-19-8-5-9-20(13-19)26-23(28)17(3)4/h5-10,13-14,16-17,24H,11-12,15H2,1-4H3,(H,25,27)(H,26,28). The van der Waals surface area contributed by atoms with E-state index < -0.39 is 0 Å². The van der Waals surface area contributed by atoms with Crippen LogP contribution in [0, 0.1) is 11.8 Å². The zero-order valence-electron chi connectivity index (χ0n) is 17.6. The van der Waals surface area contributed by atoms with Crippen molar-refractivity contribution in [1.82, 2.24) is 0 Å². The minimum atomic E-state index is -0.177. The van der Waals surface area contributed by atoms with Crippen molar-refractivity contribution in [2.75, 3.05) is 29.1 Å². The Morgan fingerprint density at radius 2 is 1.55 bits per heavy atom. The maximum atomic E-state index is 12.3. The Kier molecular flexibility index (Phi) is 8.52. The van der Waals surface area contributed by atoms with Gasteiger partial charge < -0.3 is 20.7 Å². The fourth-order valence-electron chi connectivity index (χ4n) is 2.46. The van der Waals surface area contributed by atoms with Gasteiger partial charge in [0.25, 0.3) is 0 Å². The third kappa shape index (κ3) is 8.25. The highest BCUT2D eigenvalue weighted by Crippen LogP contribution is 2.19. The number of nitrogens with one attached hydrogen (secondary N) is 3. The quantitative estimate of drug-likeness (QED) is 0.540. The number of hydrogen-bond donors (Lipinski definition) is 3. The Bertz CT molecular complexity index is 819. The number of carbonyl (C=O) groups is 2. The third-order valence-corrected chi connectivity index (χ3v) is 4.19. The molecule has 0 radical (unpaired) electrons. The maximum Gasteiger partial charge on any atom is 0.243 e. The molecule has 0 aromatic heterocycles. The van der Waals surface area contributed by atoms with Crippen LogP contribution in [0.25, 0.3) is 0 Å². The van der Waals surface area contributed by atoms with Gasteiger partial charge in [-0.25, -0.2) is 0 Å². The lowest BCUT2D eigenvalue weighted by molar-refractivity contribution is -0.119. The van der Waals surface area contributed by atoms with Gasteiger partial charge >= 0.3 is 0 Å². The highest BCUT2D eigenvalue weighted by Gasteiger charge is 2.08. The summed E-state index contributed by atoms with van der Waals surface area (Å²) >= 11 is 0. The highest BCUT2D eigenvalue weighted by atomic mass is 16.5. The van der Waals surface area contributed by atoms with E-state index in [0.29, 0.717) is 23.9 Å². The van der Waals surface area contributed by atoms with E-state index in [0.717, 1.165) is 17.9 Å². The van der Waals surface area contributed by atoms with Crippen LogP contribution in [0.3, 0.4) is 0 Å². The van der Waals surface area contributed by atoms with Crippen LogP contribution in [-0.2, 0) is 9.59 Å². The number of carbonyl (C=O) groups excluding carboxylic acids is 2. The molecule has 29 heavy (non-hydrogen) atoms. The summed E-state index contributed by atoms with van der Waals surface area (Å²) in [6.07, 6.45) is 0.997. The van der Waals surface area contributed by atoms with Crippen LogP contribution in [0.15, 0.2) is 48.5 Å². The van der Waals surface area contributed by atoms with Gasteiger partial charge in [-0.2, -0.15) is 0 Å². The highest BCUT2D eigenvalue weighted by molar-refractivity contribution is 5.96. The number of rotatable bonds is 10. The van der Waals surface area contributed by atoms with Gasteiger partial charge in [-0.3, -0.25) is 9.59 Å². The fraction of sp³-hybridized carbons (Fsp3) is 0.391. The van der Waals surface area contributed by atoms with E-state index >= 15 is 0 Å². The summed E-state index contributed by atoms with van der Waals surface area (Å²) in [5, 5.41) is 8.76. The summed E-state index contributed by atoms with van der Waals surface area (Å²) in [6, 6.07) is 14.7. The van der Waals surface area contributed by atoms with Crippen LogP contribution in [-0.4, -0.2) is 25.0 Å². The summed E-state index contributed by atoms with van der Waals surface area (Å²) in [5.74, 6) is 1.03. The lowest BCUT2D eigenvalue weighted by Gasteiger charge is -2.12. The maximum absolute atomic E-state index is 12.3. The second-order valence-corrected chi connectivity index (χ2v) is 7.69. The zero-order valence-corrected chi connectivity index (χ0v) is 17.6. The normalized spacial score (nSPS) is 10.7. The van der Waals surface area contributed by atoms with Crippen molar-refractivity contribution in [3.63, 3.8) is 0 Å². The first-order valence-corrected chi connectivity index (χ1v) is 10.0. The first-order valence-electron chi connectivity index (χ1n) is 10.0. The van der Waals surface area contributed by atoms with Crippen molar-refractivity contribution in [2.24, 2.45) is 11.8 Å². The first kappa shape index (κ1) is 22.3. The Balaban J connectivity index is 1.85. The fourth-order valence-corrected chi connectivity index (χ4v) is 2.46. The van der Waals surface area contributed by atoms with Gasteiger partial charge in [0.15, 0.2) is 0 Å². The van der Waals surface area contributed by atoms with Crippen molar-refractivity contribution in [2.45, 2.75) is 34.1 Å². The Labute approximate surface area is 173 Å². The van der Waals surface area contributed by atoms with Crippen molar-refractivity contribution >= 4 is 28.9 Å². The number of amides is 2. The van der Waals surface area contributed by atoms with Gasteiger partial charge in [0, 0.05) is 29.0 Å². The van der Waals surface area contributed by atoms with E-state index in [9.17, 15) is 9.59 Å². The van der Waals surface area contributed by atoms with Crippen LogP contribution in [0.2, 0.25) is 0 Å². The second kappa shape index (κ2) is 11.1. The first-order chi connectivity index (χ1) is 13.8. The molecule has 0 aliphatic carbocycles. The Hall–Kier alpha value is -3.02. The molecule has 0 unspecified atom stereocenters. The molecule has 2 aromatic rings. The molecule has 6 heteroatoms. The van der Waals surface area contributed by atoms with Crippen molar-refractivity contribution in [3.8, 4) is 5.75 Å². The number of ether oxygens (including phenoxy) is 1. The van der Waals surface area contributed by atoms with E-state index in [-0.39, 0.29) is 24.3 Å². The Morgan fingerprint density at radius 1 is 0.897 bits per heavy atom. The predicted molar refractivity (Wildman–Crippen MR) is 118 cm³/mol. The topological polar surface area (TPSA) is 79.5 Å². The van der Waals surface area contributed by atoms with Crippen LogP contribution in [0.1, 0.15) is 34.1 Å². The molecule has 3 N–H and O–H groups in total. The third-order valence-electron chi connectivity index (χ3n) is 4.19. The minimum absolute atomic E-state index is 0.0642. The zero-order chi connectivity index (χ0) is 21.2. The molecule has 0 saturated heterocycles. The van der Waals surface area contributed by atoms with Gasteiger partial charge in [0.1, 0.15) is 5.75 Å². The molecular weight excluding hydrogens is 366 g/mol. The summed E-state index contributed by atoms with van der Waals surface area (Å²) < 4.78 is 5.75.